The molecule has 1 heterocycles. The standard InChI is InChI=1S/C16H14F2N2O/c17-12-3-1-11(15(18)7-12)9-20-6-5-10-2-4-13(19)8-14(10)16(20)21/h1-4,7-8H,5-6,9,19H2. The first kappa shape index (κ1) is 13.5. The number of nitrogens with two attached hydrogens (primary N) is 1. The lowest BCUT2D eigenvalue weighted by Crippen LogP contribution is -2.37. The summed E-state index contributed by atoms with van der Waals surface area (Å²) in [6, 6.07) is 8.64. The molecule has 0 radical (unpaired) electrons. The molecule has 0 atom stereocenters. The monoisotopic (exact) mass is 288 g/mol. The first-order valence-corrected chi connectivity index (χ1v) is 6.66. The second-order valence-corrected chi connectivity index (χ2v) is 5.13. The maximum absolute atomic E-state index is 13.7. The summed E-state index contributed by atoms with van der Waals surface area (Å²) in [6.45, 7) is 0.631. The number of hydrogen-bond donors (Lipinski definition) is 1. The molecule has 2 aromatic rings. The molecule has 21 heavy (non-hydrogen) atoms. The van der Waals surface area contributed by atoms with Gasteiger partial charge in [0.05, 0.1) is 0 Å². The lowest BCUT2D eigenvalue weighted by Gasteiger charge is -2.29. The Kier molecular flexibility index (Phi) is 3.33. The Labute approximate surface area is 121 Å². The third-order valence-electron chi connectivity index (χ3n) is 3.68. The van der Waals surface area contributed by atoms with Gasteiger partial charge in [-0.05, 0) is 30.2 Å². The molecule has 3 rings (SSSR count). The van der Waals surface area contributed by atoms with Crippen molar-refractivity contribution in [3.63, 3.8) is 0 Å². The van der Waals surface area contributed by atoms with Gasteiger partial charge < -0.3 is 10.6 Å². The fourth-order valence-corrected chi connectivity index (χ4v) is 2.54. The number of benzene rings is 2. The maximum atomic E-state index is 13.7. The zero-order valence-electron chi connectivity index (χ0n) is 11.3. The molecule has 0 fully saturated rings. The number of fused-ring (bicyclic) bond motifs is 1. The summed E-state index contributed by atoms with van der Waals surface area (Å²) >= 11 is 0. The Bertz CT molecular complexity index is 715. The Morgan fingerprint density at radius 1 is 1.14 bits per heavy atom. The van der Waals surface area contributed by atoms with Crippen molar-refractivity contribution < 1.29 is 13.6 Å². The summed E-state index contributed by atoms with van der Waals surface area (Å²) in [7, 11) is 0. The number of carbonyl (C=O) groups is 1. The molecule has 0 bridgehead atoms. The third kappa shape index (κ3) is 2.59. The number of hydrogen-bond acceptors (Lipinski definition) is 2. The summed E-state index contributed by atoms with van der Waals surface area (Å²) in [6.07, 6.45) is 0.699. The van der Waals surface area contributed by atoms with Crippen molar-refractivity contribution >= 4 is 11.6 Å². The molecule has 0 aromatic heterocycles. The van der Waals surface area contributed by atoms with Crippen molar-refractivity contribution in [2.75, 3.05) is 12.3 Å². The molecule has 2 aromatic carbocycles. The van der Waals surface area contributed by atoms with Gasteiger partial charge >= 0.3 is 0 Å². The molecule has 1 aliphatic rings. The van der Waals surface area contributed by atoms with Crippen LogP contribution in [-0.2, 0) is 13.0 Å². The van der Waals surface area contributed by atoms with Crippen molar-refractivity contribution in [3.05, 3.63) is 64.7 Å². The normalized spacial score (nSPS) is 14.2. The molecule has 0 spiro atoms. The Balaban J connectivity index is 1.86. The van der Waals surface area contributed by atoms with Crippen LogP contribution in [0.15, 0.2) is 36.4 Å². The highest BCUT2D eigenvalue weighted by atomic mass is 19.1. The van der Waals surface area contributed by atoms with E-state index in [1.807, 2.05) is 6.07 Å². The highest BCUT2D eigenvalue weighted by molar-refractivity contribution is 5.97. The Morgan fingerprint density at radius 2 is 1.95 bits per heavy atom. The van der Waals surface area contributed by atoms with Crippen molar-refractivity contribution in [3.8, 4) is 0 Å². The van der Waals surface area contributed by atoms with Gasteiger partial charge in [-0.25, -0.2) is 8.78 Å². The van der Waals surface area contributed by atoms with E-state index in [9.17, 15) is 13.6 Å². The summed E-state index contributed by atoms with van der Waals surface area (Å²) in [5, 5.41) is 0. The van der Waals surface area contributed by atoms with Crippen molar-refractivity contribution in [1.29, 1.82) is 0 Å². The van der Waals surface area contributed by atoms with Gasteiger partial charge in [-0.2, -0.15) is 0 Å². The molecule has 0 saturated carbocycles. The van der Waals surface area contributed by atoms with E-state index in [-0.39, 0.29) is 12.5 Å². The third-order valence-corrected chi connectivity index (χ3v) is 3.68. The smallest absolute Gasteiger partial charge is 0.254 e. The van der Waals surface area contributed by atoms with Crippen LogP contribution in [0.5, 0.6) is 0 Å². The maximum Gasteiger partial charge on any atom is 0.254 e. The second kappa shape index (κ2) is 5.16. The average molecular weight is 288 g/mol. The van der Waals surface area contributed by atoms with E-state index < -0.39 is 11.6 Å². The van der Waals surface area contributed by atoms with Crippen LogP contribution in [-0.4, -0.2) is 17.4 Å². The summed E-state index contributed by atoms with van der Waals surface area (Å²) in [5.74, 6) is -1.44. The summed E-state index contributed by atoms with van der Waals surface area (Å²) in [4.78, 5) is 14.0. The quantitative estimate of drug-likeness (QED) is 0.864. The number of rotatable bonds is 2. The molecule has 1 aliphatic heterocycles. The molecular weight excluding hydrogens is 274 g/mol. The fraction of sp³-hybridized carbons (Fsp3) is 0.188. The summed E-state index contributed by atoms with van der Waals surface area (Å²) in [5.41, 5.74) is 8.05. The predicted molar refractivity (Wildman–Crippen MR) is 75.7 cm³/mol. The number of nitrogen functional groups attached to an aromatic ring is 1. The van der Waals surface area contributed by atoms with Gasteiger partial charge in [0, 0.05) is 36.0 Å². The van der Waals surface area contributed by atoms with Crippen molar-refractivity contribution in [2.45, 2.75) is 13.0 Å². The first-order valence-electron chi connectivity index (χ1n) is 6.66. The van der Waals surface area contributed by atoms with Gasteiger partial charge in [-0.15, -0.1) is 0 Å². The van der Waals surface area contributed by atoms with E-state index in [4.69, 9.17) is 5.73 Å². The van der Waals surface area contributed by atoms with Gasteiger partial charge in [0.15, 0.2) is 0 Å². The van der Waals surface area contributed by atoms with Gasteiger partial charge in [0.2, 0.25) is 0 Å². The minimum absolute atomic E-state index is 0.124. The molecule has 0 unspecified atom stereocenters. The highest BCUT2D eigenvalue weighted by Crippen LogP contribution is 2.23. The number of anilines is 1. The minimum Gasteiger partial charge on any atom is -0.399 e. The predicted octanol–water partition coefficient (Wildman–Crippen LogP) is 2.75. The molecule has 2 N–H and O–H groups in total. The van der Waals surface area contributed by atoms with Gasteiger partial charge in [-0.1, -0.05) is 12.1 Å². The van der Waals surface area contributed by atoms with E-state index in [1.165, 1.54) is 12.1 Å². The fourth-order valence-electron chi connectivity index (χ4n) is 2.54. The molecule has 1 amide bonds. The number of carbonyl (C=O) groups excluding carboxylic acids is 1. The topological polar surface area (TPSA) is 46.3 Å². The van der Waals surface area contributed by atoms with Crippen LogP contribution in [0.3, 0.4) is 0 Å². The SMILES string of the molecule is Nc1ccc2c(c1)C(=O)N(Cc1ccc(F)cc1F)CC2. The van der Waals surface area contributed by atoms with Gasteiger partial charge in [0.25, 0.3) is 5.91 Å². The average Bonchev–Trinajstić information content (AvgIpc) is 2.45. The molecular formula is C16H14F2N2O. The molecule has 108 valence electrons. The zero-order chi connectivity index (χ0) is 15.0. The number of halogens is 2. The molecule has 3 nitrogen and oxygen atoms in total. The number of nitrogens with zero attached hydrogens (tertiary/aromatic N) is 1. The van der Waals surface area contributed by atoms with Crippen molar-refractivity contribution in [2.24, 2.45) is 0 Å². The van der Waals surface area contributed by atoms with Crippen LogP contribution < -0.4 is 5.73 Å². The van der Waals surface area contributed by atoms with E-state index in [0.29, 0.717) is 29.8 Å². The van der Waals surface area contributed by atoms with Crippen molar-refractivity contribution in [1.82, 2.24) is 4.90 Å². The Morgan fingerprint density at radius 3 is 2.71 bits per heavy atom. The van der Waals surface area contributed by atoms with Crippen LogP contribution >= 0.6 is 0 Å². The second-order valence-electron chi connectivity index (χ2n) is 5.13. The van der Waals surface area contributed by atoms with Crippen LogP contribution in [0.1, 0.15) is 21.5 Å². The largest absolute Gasteiger partial charge is 0.399 e. The van der Waals surface area contributed by atoms with E-state index >= 15 is 0 Å². The van der Waals surface area contributed by atoms with Crippen LogP contribution in [0, 0.1) is 11.6 Å². The van der Waals surface area contributed by atoms with E-state index in [1.54, 1.807) is 17.0 Å². The van der Waals surface area contributed by atoms with Crippen LogP contribution in [0.2, 0.25) is 0 Å². The van der Waals surface area contributed by atoms with E-state index in [2.05, 4.69) is 0 Å². The zero-order valence-corrected chi connectivity index (χ0v) is 11.3. The summed E-state index contributed by atoms with van der Waals surface area (Å²) < 4.78 is 26.6. The Hall–Kier alpha value is -2.43. The first-order chi connectivity index (χ1) is 10.0. The van der Waals surface area contributed by atoms with Gasteiger partial charge in [0.1, 0.15) is 11.6 Å². The number of amides is 1. The molecule has 0 aliphatic carbocycles. The minimum atomic E-state index is -0.638. The van der Waals surface area contributed by atoms with Crippen LogP contribution in [0.25, 0.3) is 0 Å². The highest BCUT2D eigenvalue weighted by Gasteiger charge is 2.25. The van der Waals surface area contributed by atoms with Crippen LogP contribution in [0.4, 0.5) is 14.5 Å². The lowest BCUT2D eigenvalue weighted by molar-refractivity contribution is 0.0725. The lowest BCUT2D eigenvalue weighted by atomic mass is 9.98. The van der Waals surface area contributed by atoms with E-state index in [0.717, 1.165) is 11.6 Å². The molecule has 5 heteroatoms. The van der Waals surface area contributed by atoms with Gasteiger partial charge in [-0.3, -0.25) is 4.79 Å². The molecule has 0 saturated heterocycles.